The highest BCUT2D eigenvalue weighted by molar-refractivity contribution is 9.10. The van der Waals surface area contributed by atoms with Gasteiger partial charge in [-0.2, -0.15) is 0 Å². The second-order valence-corrected chi connectivity index (χ2v) is 8.02. The molecule has 8 heteroatoms. The summed E-state index contributed by atoms with van der Waals surface area (Å²) in [5.74, 6) is 0.176. The molecule has 0 spiro atoms. The highest BCUT2D eigenvalue weighted by atomic mass is 79.9. The summed E-state index contributed by atoms with van der Waals surface area (Å²) in [6, 6.07) is 14.2. The number of ketones is 1. The second kappa shape index (κ2) is 8.55. The molecule has 0 bridgehead atoms. The van der Waals surface area contributed by atoms with Crippen LogP contribution >= 0.6 is 15.9 Å². The van der Waals surface area contributed by atoms with Gasteiger partial charge < -0.3 is 19.0 Å². The molecule has 4 rings (SSSR count). The Balaban J connectivity index is 1.92. The fourth-order valence-corrected chi connectivity index (χ4v) is 4.24. The molecule has 1 aliphatic heterocycles. The van der Waals surface area contributed by atoms with Gasteiger partial charge in [0, 0.05) is 17.3 Å². The van der Waals surface area contributed by atoms with Gasteiger partial charge in [0.25, 0.3) is 11.7 Å². The second-order valence-electron chi connectivity index (χ2n) is 7.17. The number of nitrogens with zero attached hydrogens (tertiary/aromatic N) is 1. The number of furan rings is 1. The van der Waals surface area contributed by atoms with Gasteiger partial charge in [0.15, 0.2) is 0 Å². The van der Waals surface area contributed by atoms with E-state index < -0.39 is 17.7 Å². The normalized spacial score (nSPS) is 17.6. The molecule has 0 saturated carbocycles. The summed E-state index contributed by atoms with van der Waals surface area (Å²) >= 11 is 3.39. The zero-order valence-electron chi connectivity index (χ0n) is 17.6. The van der Waals surface area contributed by atoms with E-state index in [2.05, 4.69) is 15.9 Å². The standard InChI is InChI=1S/C24H20BrNO6/c1-13-7-9-19(32-13)21-20(22(27)14-8-10-18(31-3)17(25)11-14)23(28)24(29)26(21)15-5-4-6-16(12-15)30-2/h4-12,21,27H,1-3H3/b22-20-. The topological polar surface area (TPSA) is 89.2 Å². The van der Waals surface area contributed by atoms with Crippen LogP contribution in [0.4, 0.5) is 5.69 Å². The number of halogens is 1. The number of hydrogen-bond acceptors (Lipinski definition) is 6. The minimum absolute atomic E-state index is 0.0655. The maximum atomic E-state index is 13.1. The summed E-state index contributed by atoms with van der Waals surface area (Å²) in [6.45, 7) is 1.77. The van der Waals surface area contributed by atoms with E-state index >= 15 is 0 Å². The van der Waals surface area contributed by atoms with Gasteiger partial charge in [0.05, 0.1) is 24.3 Å². The number of ether oxygens (including phenoxy) is 2. The highest BCUT2D eigenvalue weighted by Gasteiger charge is 2.48. The molecule has 164 valence electrons. The first kappa shape index (κ1) is 21.7. The molecule has 7 nitrogen and oxygen atoms in total. The number of amides is 1. The molecule has 1 atom stereocenters. The minimum atomic E-state index is -0.948. The zero-order valence-corrected chi connectivity index (χ0v) is 19.2. The molecular weight excluding hydrogens is 478 g/mol. The Kier molecular flexibility index (Phi) is 5.80. The molecule has 2 heterocycles. The Labute approximate surface area is 193 Å². The number of aliphatic hydroxyl groups is 1. The SMILES string of the molecule is COc1cccc(N2C(=O)C(=O)/C(=C(\O)c3ccc(OC)c(Br)c3)C2c2ccc(C)o2)c1. The van der Waals surface area contributed by atoms with E-state index in [1.165, 1.54) is 19.1 Å². The molecule has 1 aromatic heterocycles. The van der Waals surface area contributed by atoms with Crippen molar-refractivity contribution in [1.82, 2.24) is 0 Å². The maximum Gasteiger partial charge on any atom is 0.300 e. The van der Waals surface area contributed by atoms with Crippen LogP contribution in [-0.4, -0.2) is 31.0 Å². The molecule has 0 aliphatic carbocycles. The average molecular weight is 498 g/mol. The summed E-state index contributed by atoms with van der Waals surface area (Å²) in [6.07, 6.45) is 0. The highest BCUT2D eigenvalue weighted by Crippen LogP contribution is 2.43. The van der Waals surface area contributed by atoms with E-state index in [9.17, 15) is 14.7 Å². The number of carbonyl (C=O) groups is 2. The molecular formula is C24H20BrNO6. The third-order valence-electron chi connectivity index (χ3n) is 5.23. The number of hydrogen-bond donors (Lipinski definition) is 1. The van der Waals surface area contributed by atoms with E-state index in [0.29, 0.717) is 38.7 Å². The van der Waals surface area contributed by atoms with Crippen molar-refractivity contribution in [2.24, 2.45) is 0 Å². The number of anilines is 1. The van der Waals surface area contributed by atoms with Gasteiger partial charge in [0.2, 0.25) is 0 Å². The zero-order chi connectivity index (χ0) is 23.0. The predicted octanol–water partition coefficient (Wildman–Crippen LogP) is 4.99. The molecule has 1 amide bonds. The Morgan fingerprint density at radius 3 is 2.47 bits per heavy atom. The summed E-state index contributed by atoms with van der Waals surface area (Å²) in [5, 5.41) is 11.2. The van der Waals surface area contributed by atoms with Crippen molar-refractivity contribution >= 4 is 39.1 Å². The van der Waals surface area contributed by atoms with Gasteiger partial charge in [-0.25, -0.2) is 0 Å². The quantitative estimate of drug-likeness (QED) is 0.303. The Morgan fingerprint density at radius 1 is 1.06 bits per heavy atom. The van der Waals surface area contributed by atoms with Crippen LogP contribution in [0.2, 0.25) is 0 Å². The van der Waals surface area contributed by atoms with Crippen LogP contribution in [0.1, 0.15) is 23.1 Å². The molecule has 2 aromatic carbocycles. The predicted molar refractivity (Wildman–Crippen MR) is 122 cm³/mol. The van der Waals surface area contributed by atoms with Crippen LogP contribution < -0.4 is 14.4 Å². The van der Waals surface area contributed by atoms with Crippen molar-refractivity contribution in [3.8, 4) is 11.5 Å². The average Bonchev–Trinajstić information content (AvgIpc) is 3.34. The number of benzene rings is 2. The molecule has 32 heavy (non-hydrogen) atoms. The van der Waals surface area contributed by atoms with Crippen LogP contribution in [0, 0.1) is 6.92 Å². The molecule has 0 radical (unpaired) electrons. The van der Waals surface area contributed by atoms with Crippen molar-refractivity contribution < 1.29 is 28.6 Å². The molecule has 1 unspecified atom stereocenters. The van der Waals surface area contributed by atoms with E-state index in [0.717, 1.165) is 0 Å². The van der Waals surface area contributed by atoms with Crippen molar-refractivity contribution in [1.29, 1.82) is 0 Å². The maximum absolute atomic E-state index is 13.1. The third kappa shape index (κ3) is 3.67. The summed E-state index contributed by atoms with van der Waals surface area (Å²) in [5.41, 5.74) is 0.735. The van der Waals surface area contributed by atoms with Crippen LogP contribution in [0.25, 0.3) is 5.76 Å². The first-order valence-corrected chi connectivity index (χ1v) is 10.5. The van der Waals surface area contributed by atoms with Gasteiger partial charge in [-0.1, -0.05) is 6.07 Å². The first-order valence-electron chi connectivity index (χ1n) is 9.71. The van der Waals surface area contributed by atoms with Crippen LogP contribution in [-0.2, 0) is 9.59 Å². The molecule has 1 aliphatic rings. The van der Waals surface area contributed by atoms with Crippen molar-refractivity contribution in [2.75, 3.05) is 19.1 Å². The fourth-order valence-electron chi connectivity index (χ4n) is 3.70. The van der Waals surface area contributed by atoms with Crippen LogP contribution in [0.15, 0.2) is 69.1 Å². The van der Waals surface area contributed by atoms with E-state index in [1.807, 2.05) is 0 Å². The monoisotopic (exact) mass is 497 g/mol. The largest absolute Gasteiger partial charge is 0.507 e. The van der Waals surface area contributed by atoms with E-state index in [4.69, 9.17) is 13.9 Å². The van der Waals surface area contributed by atoms with Gasteiger partial charge in [-0.15, -0.1) is 0 Å². The van der Waals surface area contributed by atoms with E-state index in [1.54, 1.807) is 61.5 Å². The smallest absolute Gasteiger partial charge is 0.300 e. The lowest BCUT2D eigenvalue weighted by Crippen LogP contribution is -2.29. The third-order valence-corrected chi connectivity index (χ3v) is 5.85. The van der Waals surface area contributed by atoms with Gasteiger partial charge in [0.1, 0.15) is 34.8 Å². The van der Waals surface area contributed by atoms with Crippen molar-refractivity contribution in [2.45, 2.75) is 13.0 Å². The Bertz CT molecular complexity index is 1240. The fraction of sp³-hybridized carbons (Fsp3) is 0.167. The summed E-state index contributed by atoms with van der Waals surface area (Å²) in [7, 11) is 3.04. The molecule has 1 N–H and O–H groups in total. The van der Waals surface area contributed by atoms with Crippen molar-refractivity contribution in [3.05, 3.63) is 81.7 Å². The summed E-state index contributed by atoms with van der Waals surface area (Å²) in [4.78, 5) is 27.6. The number of Topliss-reactive ketones (excluding diaryl/α,β-unsaturated/α-hetero) is 1. The van der Waals surface area contributed by atoms with Gasteiger partial charge >= 0.3 is 0 Å². The lowest BCUT2D eigenvalue weighted by atomic mass is 9.99. The van der Waals surface area contributed by atoms with Gasteiger partial charge in [-0.05, 0) is 65.3 Å². The summed E-state index contributed by atoms with van der Waals surface area (Å²) < 4.78 is 16.9. The van der Waals surface area contributed by atoms with Crippen molar-refractivity contribution in [3.63, 3.8) is 0 Å². The lowest BCUT2D eigenvalue weighted by Gasteiger charge is -2.23. The number of rotatable bonds is 5. The number of aryl methyl sites for hydroxylation is 1. The van der Waals surface area contributed by atoms with Crippen LogP contribution in [0.3, 0.4) is 0 Å². The number of methoxy groups -OCH3 is 2. The number of aliphatic hydroxyl groups excluding tert-OH is 1. The number of carbonyl (C=O) groups excluding carboxylic acids is 2. The van der Waals surface area contributed by atoms with E-state index in [-0.39, 0.29) is 11.3 Å². The lowest BCUT2D eigenvalue weighted by molar-refractivity contribution is -0.132. The molecule has 1 fully saturated rings. The molecule has 1 saturated heterocycles. The first-order chi connectivity index (χ1) is 15.3. The Morgan fingerprint density at radius 2 is 1.84 bits per heavy atom. The van der Waals surface area contributed by atoms with Crippen LogP contribution in [0.5, 0.6) is 11.5 Å². The van der Waals surface area contributed by atoms with Gasteiger partial charge in [-0.3, -0.25) is 14.5 Å². The Hall–Kier alpha value is -3.52. The minimum Gasteiger partial charge on any atom is -0.507 e. The molecule has 3 aromatic rings.